The number of aryl methyl sites for hydroxylation is 2. The van der Waals surface area contributed by atoms with Crippen molar-refractivity contribution in [3.63, 3.8) is 0 Å². The Morgan fingerprint density at radius 3 is 2.26 bits per heavy atom. The Labute approximate surface area is 231 Å². The van der Waals surface area contributed by atoms with Crippen molar-refractivity contribution in [1.29, 1.82) is 0 Å². The van der Waals surface area contributed by atoms with Crippen LogP contribution >= 0.6 is 0 Å². The normalized spacial score (nSPS) is 13.4. The predicted molar refractivity (Wildman–Crippen MR) is 158 cm³/mol. The molecule has 4 aromatic carbocycles. The van der Waals surface area contributed by atoms with Crippen LogP contribution in [-0.2, 0) is 11.2 Å². The number of aromatic carboxylic acids is 1. The Bertz CT molecular complexity index is 1440. The largest absolute Gasteiger partial charge is 0.478 e. The number of hydrogen-bond donors (Lipinski definition) is 3. The average Bonchev–Trinajstić information content (AvgIpc) is 2.89. The molecule has 204 valence electrons. The summed E-state index contributed by atoms with van der Waals surface area (Å²) in [5, 5.41) is 26.2. The molecule has 0 saturated heterocycles. The molecule has 39 heavy (non-hydrogen) atoms. The van der Waals surface area contributed by atoms with Crippen LogP contribution in [0.4, 0.5) is 0 Å². The number of aliphatic hydroxyl groups excluding tert-OH is 1. The van der Waals surface area contributed by atoms with Crippen molar-refractivity contribution in [3.05, 3.63) is 107 Å². The minimum atomic E-state index is -0.912. The second-order valence-corrected chi connectivity index (χ2v) is 11.1. The van der Waals surface area contributed by atoms with Crippen molar-refractivity contribution in [2.45, 2.75) is 58.8 Å². The first kappa shape index (κ1) is 28.5. The molecule has 0 heterocycles. The van der Waals surface area contributed by atoms with Gasteiger partial charge in [0.15, 0.2) is 0 Å². The van der Waals surface area contributed by atoms with Gasteiger partial charge in [-0.25, -0.2) is 4.79 Å². The van der Waals surface area contributed by atoms with Gasteiger partial charge in [0.1, 0.15) is 0 Å². The molecule has 5 heteroatoms. The quantitative estimate of drug-likeness (QED) is 0.199. The number of fused-ring (bicyclic) bond motifs is 1. The molecule has 4 rings (SSSR count). The van der Waals surface area contributed by atoms with E-state index < -0.39 is 12.1 Å². The van der Waals surface area contributed by atoms with E-state index in [1.54, 1.807) is 0 Å². The van der Waals surface area contributed by atoms with Crippen molar-refractivity contribution in [1.82, 2.24) is 5.32 Å². The Morgan fingerprint density at radius 1 is 0.923 bits per heavy atom. The number of nitrogens with one attached hydrogen (secondary N) is 1. The third kappa shape index (κ3) is 7.12. The predicted octanol–water partition coefficient (Wildman–Crippen LogP) is 6.87. The lowest BCUT2D eigenvalue weighted by atomic mass is 9.92. The zero-order chi connectivity index (χ0) is 28.2. The number of β-amino-alcohol motifs (C(OH)–C–C–N with tert-alkyl or cyclic N) is 1. The first-order chi connectivity index (χ1) is 18.5. The monoisotopic (exact) mass is 525 g/mol. The summed E-state index contributed by atoms with van der Waals surface area (Å²) in [6.45, 7) is 10.5. The number of hydrogen-bond acceptors (Lipinski definition) is 4. The molecule has 0 aromatic heterocycles. The summed E-state index contributed by atoms with van der Waals surface area (Å²) in [6, 6.07) is 26.7. The van der Waals surface area contributed by atoms with Crippen LogP contribution < -0.4 is 5.32 Å². The maximum absolute atomic E-state index is 11.6. The van der Waals surface area contributed by atoms with E-state index in [9.17, 15) is 15.0 Å². The van der Waals surface area contributed by atoms with E-state index in [-0.39, 0.29) is 18.2 Å². The molecule has 1 unspecified atom stereocenters. The number of benzene rings is 4. The number of rotatable bonds is 11. The Kier molecular flexibility index (Phi) is 8.86. The van der Waals surface area contributed by atoms with Gasteiger partial charge in [0, 0.05) is 12.1 Å². The summed E-state index contributed by atoms with van der Waals surface area (Å²) < 4.78 is 6.12. The molecule has 0 radical (unpaired) electrons. The fraction of sp³-hybridized carbons (Fsp3) is 0.324. The third-order valence-corrected chi connectivity index (χ3v) is 7.27. The van der Waals surface area contributed by atoms with Gasteiger partial charge < -0.3 is 20.3 Å². The van der Waals surface area contributed by atoms with E-state index in [1.165, 1.54) is 16.3 Å². The van der Waals surface area contributed by atoms with E-state index >= 15 is 0 Å². The third-order valence-electron chi connectivity index (χ3n) is 7.27. The van der Waals surface area contributed by atoms with Crippen molar-refractivity contribution in [2.75, 3.05) is 13.2 Å². The number of carbonyl (C=O) groups is 1. The van der Waals surface area contributed by atoms with Gasteiger partial charge in [0.25, 0.3) is 0 Å². The summed E-state index contributed by atoms with van der Waals surface area (Å²) in [5.41, 5.74) is 5.82. The summed E-state index contributed by atoms with van der Waals surface area (Å²) in [6.07, 6.45) is -0.0645. The van der Waals surface area contributed by atoms with Crippen LogP contribution in [0.1, 0.15) is 59.5 Å². The van der Waals surface area contributed by atoms with E-state index in [1.807, 2.05) is 57.2 Å². The molecule has 2 atom stereocenters. The highest BCUT2D eigenvalue weighted by Gasteiger charge is 2.21. The molecule has 0 bridgehead atoms. The summed E-state index contributed by atoms with van der Waals surface area (Å²) in [5.74, 6) is -0.912. The summed E-state index contributed by atoms with van der Waals surface area (Å²) >= 11 is 0. The average molecular weight is 526 g/mol. The van der Waals surface area contributed by atoms with Gasteiger partial charge in [-0.05, 0) is 85.2 Å². The molecular formula is C34H39NO4. The SMILES string of the molecule is Cc1cc(-c2ccccc2C(C)OC[C@@H](O)CNC(C)(C)Cc2ccc3ccccc3c2)cc(C)c1C(=O)O. The van der Waals surface area contributed by atoms with Crippen molar-refractivity contribution in [2.24, 2.45) is 0 Å². The van der Waals surface area contributed by atoms with E-state index in [4.69, 9.17) is 4.74 Å². The van der Waals surface area contributed by atoms with Gasteiger partial charge in [0.05, 0.1) is 24.4 Å². The maximum Gasteiger partial charge on any atom is 0.336 e. The Morgan fingerprint density at radius 2 is 1.56 bits per heavy atom. The first-order valence-electron chi connectivity index (χ1n) is 13.5. The van der Waals surface area contributed by atoms with Crippen LogP contribution in [0.5, 0.6) is 0 Å². The van der Waals surface area contributed by atoms with Crippen LogP contribution in [0.3, 0.4) is 0 Å². The van der Waals surface area contributed by atoms with Gasteiger partial charge in [-0.15, -0.1) is 0 Å². The molecule has 0 aliphatic carbocycles. The second kappa shape index (κ2) is 12.1. The minimum absolute atomic E-state index is 0.195. The number of aliphatic hydroxyl groups is 1. The molecule has 0 aliphatic rings. The fourth-order valence-corrected chi connectivity index (χ4v) is 5.29. The van der Waals surface area contributed by atoms with Crippen LogP contribution in [0.2, 0.25) is 0 Å². The molecule has 0 saturated carbocycles. The van der Waals surface area contributed by atoms with Crippen LogP contribution in [0.25, 0.3) is 21.9 Å². The molecule has 0 amide bonds. The highest BCUT2D eigenvalue weighted by Crippen LogP contribution is 2.32. The maximum atomic E-state index is 11.6. The lowest BCUT2D eigenvalue weighted by molar-refractivity contribution is -0.00397. The number of carboxylic acid groups (broad SMARTS) is 1. The molecule has 3 N–H and O–H groups in total. The highest BCUT2D eigenvalue weighted by atomic mass is 16.5. The molecule has 5 nitrogen and oxygen atoms in total. The number of carboxylic acids is 1. The summed E-state index contributed by atoms with van der Waals surface area (Å²) in [7, 11) is 0. The van der Waals surface area contributed by atoms with Gasteiger partial charge >= 0.3 is 5.97 Å². The molecule has 4 aromatic rings. The van der Waals surface area contributed by atoms with Crippen LogP contribution in [0.15, 0.2) is 78.9 Å². The van der Waals surface area contributed by atoms with Crippen molar-refractivity contribution in [3.8, 4) is 11.1 Å². The lowest BCUT2D eigenvalue weighted by Crippen LogP contribution is -2.46. The van der Waals surface area contributed by atoms with E-state index in [2.05, 4.69) is 61.6 Å². The first-order valence-corrected chi connectivity index (χ1v) is 13.5. The number of ether oxygens (including phenoxy) is 1. The summed E-state index contributed by atoms with van der Waals surface area (Å²) in [4.78, 5) is 11.6. The topological polar surface area (TPSA) is 78.8 Å². The Balaban J connectivity index is 1.36. The van der Waals surface area contributed by atoms with E-state index in [0.717, 1.165) is 34.2 Å². The van der Waals surface area contributed by atoms with Crippen LogP contribution in [0, 0.1) is 13.8 Å². The second-order valence-electron chi connectivity index (χ2n) is 11.1. The fourth-order valence-electron chi connectivity index (χ4n) is 5.29. The van der Waals surface area contributed by atoms with Crippen LogP contribution in [-0.4, -0.2) is 41.0 Å². The van der Waals surface area contributed by atoms with Gasteiger partial charge in [-0.2, -0.15) is 0 Å². The lowest BCUT2D eigenvalue weighted by Gasteiger charge is -2.28. The Hall–Kier alpha value is -3.51. The van der Waals surface area contributed by atoms with Crippen molar-refractivity contribution >= 4 is 16.7 Å². The minimum Gasteiger partial charge on any atom is -0.478 e. The molecule has 0 fully saturated rings. The van der Waals surface area contributed by atoms with Crippen molar-refractivity contribution < 1.29 is 19.7 Å². The highest BCUT2D eigenvalue weighted by molar-refractivity contribution is 5.92. The molecule has 0 spiro atoms. The zero-order valence-corrected chi connectivity index (χ0v) is 23.5. The molecular weight excluding hydrogens is 486 g/mol. The van der Waals surface area contributed by atoms with Gasteiger partial charge in [-0.3, -0.25) is 0 Å². The van der Waals surface area contributed by atoms with E-state index in [0.29, 0.717) is 12.1 Å². The zero-order valence-electron chi connectivity index (χ0n) is 23.5. The molecule has 0 aliphatic heterocycles. The standard InChI is InChI=1S/C34H39NO4/c1-22-16-28(17-23(2)32(22)33(37)38)31-13-9-8-12-30(31)24(3)39-21-29(36)20-35-34(4,5)19-25-14-15-26-10-6-7-11-27(26)18-25/h6-18,24,29,35-36H,19-21H2,1-5H3,(H,37,38)/t24?,29-/m0/s1. The smallest absolute Gasteiger partial charge is 0.336 e. The van der Waals surface area contributed by atoms with Gasteiger partial charge in [0.2, 0.25) is 0 Å². The van der Waals surface area contributed by atoms with Gasteiger partial charge in [-0.1, -0.05) is 78.9 Å².